The van der Waals surface area contributed by atoms with Crippen molar-refractivity contribution >= 4 is 23.3 Å². The summed E-state index contributed by atoms with van der Waals surface area (Å²) >= 11 is 0. The number of nitriles is 1. The molecule has 164 valence electrons. The molecule has 0 bridgehead atoms. The first-order valence-electron chi connectivity index (χ1n) is 10.9. The van der Waals surface area contributed by atoms with Crippen molar-refractivity contribution in [1.82, 2.24) is 4.98 Å². The van der Waals surface area contributed by atoms with Gasteiger partial charge in [-0.15, -0.1) is 0 Å². The van der Waals surface area contributed by atoms with Gasteiger partial charge in [0.25, 0.3) is 5.91 Å². The van der Waals surface area contributed by atoms with E-state index < -0.39 is 11.9 Å². The van der Waals surface area contributed by atoms with Gasteiger partial charge in [-0.25, -0.2) is 9.37 Å². The van der Waals surface area contributed by atoms with Crippen molar-refractivity contribution in [2.75, 3.05) is 9.80 Å². The maximum absolute atomic E-state index is 14.2. The number of hydrogen-bond acceptors (Lipinski definition) is 4. The second-order valence-electron chi connectivity index (χ2n) is 8.27. The van der Waals surface area contributed by atoms with E-state index in [9.17, 15) is 19.2 Å². The van der Waals surface area contributed by atoms with Crippen molar-refractivity contribution in [1.29, 1.82) is 5.26 Å². The van der Waals surface area contributed by atoms with Gasteiger partial charge in [0.1, 0.15) is 17.7 Å². The highest BCUT2D eigenvalue weighted by Crippen LogP contribution is 2.40. The summed E-state index contributed by atoms with van der Waals surface area (Å²) in [6, 6.07) is 18.0. The van der Waals surface area contributed by atoms with E-state index in [1.54, 1.807) is 23.1 Å². The Morgan fingerprint density at radius 1 is 1.09 bits per heavy atom. The van der Waals surface area contributed by atoms with E-state index in [0.29, 0.717) is 24.1 Å². The maximum atomic E-state index is 14.2. The number of carbonyl (C=O) groups excluding carboxylic acids is 2. The third-order valence-corrected chi connectivity index (χ3v) is 6.36. The molecule has 2 atom stereocenters. The standard InChI is InChI=1S/C26H21FN4O2/c27-19-5-3-6-20(15-19)30(22-9-8-18-4-1-2-7-21(18)22)26(33)23-10-11-25(32)31(23)24-14-17(16-28)12-13-29-24/h1-7,12-15,22-23H,8-11H2/t22-,23+/m1/s1. The van der Waals surface area contributed by atoms with Crippen LogP contribution in [0.4, 0.5) is 15.9 Å². The smallest absolute Gasteiger partial charge is 0.250 e. The van der Waals surface area contributed by atoms with Crippen LogP contribution in [0.5, 0.6) is 0 Å². The van der Waals surface area contributed by atoms with Gasteiger partial charge in [-0.2, -0.15) is 5.26 Å². The molecule has 0 N–H and O–H groups in total. The largest absolute Gasteiger partial charge is 0.303 e. The number of nitrogens with zero attached hydrogens (tertiary/aromatic N) is 4. The average Bonchev–Trinajstić information content (AvgIpc) is 3.43. The molecular weight excluding hydrogens is 419 g/mol. The predicted octanol–water partition coefficient (Wildman–Crippen LogP) is 4.31. The molecule has 2 heterocycles. The van der Waals surface area contributed by atoms with Crippen LogP contribution in [-0.4, -0.2) is 22.8 Å². The van der Waals surface area contributed by atoms with Crippen LogP contribution in [0, 0.1) is 17.1 Å². The molecule has 2 aromatic carbocycles. The number of anilines is 2. The first-order valence-corrected chi connectivity index (χ1v) is 10.9. The minimum Gasteiger partial charge on any atom is -0.303 e. The fourth-order valence-electron chi connectivity index (χ4n) is 4.87. The van der Waals surface area contributed by atoms with Crippen molar-refractivity contribution in [3.05, 3.63) is 89.4 Å². The lowest BCUT2D eigenvalue weighted by molar-refractivity contribution is -0.122. The molecule has 0 saturated carbocycles. The van der Waals surface area contributed by atoms with Crippen LogP contribution in [0.1, 0.15) is 42.0 Å². The Labute approximate surface area is 190 Å². The molecule has 2 aliphatic rings. The van der Waals surface area contributed by atoms with Gasteiger partial charge < -0.3 is 4.90 Å². The topological polar surface area (TPSA) is 77.3 Å². The van der Waals surface area contributed by atoms with Crippen LogP contribution in [0.25, 0.3) is 0 Å². The minimum atomic E-state index is -0.782. The molecule has 2 amide bonds. The van der Waals surface area contributed by atoms with Gasteiger partial charge in [0.15, 0.2) is 0 Å². The Hall–Kier alpha value is -4.05. The molecule has 1 aromatic heterocycles. The van der Waals surface area contributed by atoms with Crippen molar-refractivity contribution in [3.8, 4) is 6.07 Å². The highest BCUT2D eigenvalue weighted by atomic mass is 19.1. The number of aromatic nitrogens is 1. The Morgan fingerprint density at radius 3 is 2.76 bits per heavy atom. The van der Waals surface area contributed by atoms with E-state index in [2.05, 4.69) is 4.98 Å². The third kappa shape index (κ3) is 3.74. The number of rotatable bonds is 4. The summed E-state index contributed by atoms with van der Waals surface area (Å²) in [7, 11) is 0. The quantitative estimate of drug-likeness (QED) is 0.606. The molecule has 7 heteroatoms. The van der Waals surface area contributed by atoms with Crippen molar-refractivity contribution in [3.63, 3.8) is 0 Å². The highest BCUT2D eigenvalue weighted by Gasteiger charge is 2.43. The Balaban J connectivity index is 1.57. The van der Waals surface area contributed by atoms with Gasteiger partial charge >= 0.3 is 0 Å². The van der Waals surface area contributed by atoms with Crippen molar-refractivity contribution in [2.45, 2.75) is 37.8 Å². The zero-order chi connectivity index (χ0) is 22.9. The summed E-state index contributed by atoms with van der Waals surface area (Å²) in [5, 5.41) is 9.25. The van der Waals surface area contributed by atoms with Gasteiger partial charge in [-0.05, 0) is 60.7 Å². The predicted molar refractivity (Wildman–Crippen MR) is 121 cm³/mol. The summed E-state index contributed by atoms with van der Waals surface area (Å²) in [5.41, 5.74) is 3.02. The minimum absolute atomic E-state index is 0.202. The van der Waals surface area contributed by atoms with Crippen LogP contribution in [0.3, 0.4) is 0 Å². The molecule has 0 unspecified atom stereocenters. The normalized spacial score (nSPS) is 19.3. The molecule has 5 rings (SSSR count). The Morgan fingerprint density at radius 2 is 1.94 bits per heavy atom. The number of pyridine rings is 1. The van der Waals surface area contributed by atoms with E-state index in [1.807, 2.05) is 30.3 Å². The fraction of sp³-hybridized carbons (Fsp3) is 0.231. The number of amides is 2. The molecule has 1 fully saturated rings. The molecule has 0 spiro atoms. The van der Waals surface area contributed by atoms with Gasteiger partial charge in [0.05, 0.1) is 17.7 Å². The van der Waals surface area contributed by atoms with E-state index in [0.717, 1.165) is 12.0 Å². The summed E-state index contributed by atoms with van der Waals surface area (Å²) in [5.74, 6) is -0.653. The number of carbonyl (C=O) groups is 2. The van der Waals surface area contributed by atoms with Gasteiger partial charge in [-0.3, -0.25) is 14.5 Å². The summed E-state index contributed by atoms with van der Waals surface area (Å²) in [4.78, 5) is 34.1. The zero-order valence-electron chi connectivity index (χ0n) is 17.8. The Bertz CT molecular complexity index is 1290. The molecule has 1 aliphatic heterocycles. The molecule has 6 nitrogen and oxygen atoms in total. The lowest BCUT2D eigenvalue weighted by Gasteiger charge is -2.34. The monoisotopic (exact) mass is 440 g/mol. The second kappa shape index (κ2) is 8.47. The van der Waals surface area contributed by atoms with E-state index >= 15 is 0 Å². The number of halogens is 1. The molecule has 0 radical (unpaired) electrons. The Kier molecular flexibility index (Phi) is 5.35. The number of fused-ring (bicyclic) bond motifs is 1. The van der Waals surface area contributed by atoms with Crippen LogP contribution in [-0.2, 0) is 16.0 Å². The molecule has 33 heavy (non-hydrogen) atoms. The molecule has 1 saturated heterocycles. The van der Waals surface area contributed by atoms with Crippen molar-refractivity contribution < 1.29 is 14.0 Å². The van der Waals surface area contributed by atoms with Gasteiger partial charge in [0.2, 0.25) is 5.91 Å². The first kappa shape index (κ1) is 20.8. The fourth-order valence-corrected chi connectivity index (χ4v) is 4.87. The zero-order valence-corrected chi connectivity index (χ0v) is 17.8. The van der Waals surface area contributed by atoms with Crippen molar-refractivity contribution in [2.24, 2.45) is 0 Å². The lowest BCUT2D eigenvalue weighted by Crippen LogP contribution is -2.48. The molecule has 3 aromatic rings. The average molecular weight is 440 g/mol. The van der Waals surface area contributed by atoms with Crippen LogP contribution < -0.4 is 9.80 Å². The maximum Gasteiger partial charge on any atom is 0.250 e. The number of benzene rings is 2. The summed E-state index contributed by atoms with van der Waals surface area (Å²) in [6.07, 6.45) is 3.52. The molecule has 1 aliphatic carbocycles. The van der Waals surface area contributed by atoms with Crippen LogP contribution in [0.15, 0.2) is 66.9 Å². The van der Waals surface area contributed by atoms with E-state index in [-0.39, 0.29) is 30.1 Å². The first-order chi connectivity index (χ1) is 16.1. The molecular formula is C26H21FN4O2. The summed E-state index contributed by atoms with van der Waals surface area (Å²) in [6.45, 7) is 0. The van der Waals surface area contributed by atoms with Crippen LogP contribution >= 0.6 is 0 Å². The van der Waals surface area contributed by atoms with Gasteiger partial charge in [-0.1, -0.05) is 30.3 Å². The van der Waals surface area contributed by atoms with Crippen LogP contribution in [0.2, 0.25) is 0 Å². The van der Waals surface area contributed by atoms with Gasteiger partial charge in [0, 0.05) is 18.3 Å². The SMILES string of the molecule is N#Cc1ccnc(N2C(=O)CC[C@H]2C(=O)N(c2cccc(F)c2)[C@@H]2CCc3ccccc32)c1. The lowest BCUT2D eigenvalue weighted by atomic mass is 10.0. The third-order valence-electron chi connectivity index (χ3n) is 6.36. The highest BCUT2D eigenvalue weighted by molar-refractivity contribution is 6.08. The van der Waals surface area contributed by atoms with E-state index in [1.165, 1.54) is 34.9 Å². The number of hydrogen-bond donors (Lipinski definition) is 0. The van der Waals surface area contributed by atoms with E-state index in [4.69, 9.17) is 0 Å². The summed E-state index contributed by atoms with van der Waals surface area (Å²) < 4.78 is 14.2. The number of aryl methyl sites for hydroxylation is 1. The second-order valence-corrected chi connectivity index (χ2v) is 8.27.